The van der Waals surface area contributed by atoms with E-state index in [1.165, 1.54) is 17.7 Å². The van der Waals surface area contributed by atoms with Crippen molar-refractivity contribution in [3.05, 3.63) is 271 Å². The molecule has 35 heteroatoms. The summed E-state index contributed by atoms with van der Waals surface area (Å²) in [6.07, 6.45) is 4.09. The topological polar surface area (TPSA) is 201 Å². The Labute approximate surface area is 619 Å². The smallest absolute Gasteiger partial charge is 0.525 e. The van der Waals surface area contributed by atoms with Crippen LogP contribution in [0.5, 0.6) is 34.5 Å². The van der Waals surface area contributed by atoms with Crippen molar-refractivity contribution in [2.45, 2.75) is 67.1 Å². The number of carbonyl (C=O) groups is 2. The molecule has 109 heavy (non-hydrogen) atoms. The lowest BCUT2D eigenvalue weighted by Crippen LogP contribution is -2.41. The highest BCUT2D eigenvalue weighted by Gasteiger charge is 2.39. The van der Waals surface area contributed by atoms with Crippen LogP contribution in [-0.4, -0.2) is 89.5 Å². The summed E-state index contributed by atoms with van der Waals surface area (Å²) < 4.78 is 183. The third kappa shape index (κ3) is 20.4. The van der Waals surface area contributed by atoms with Crippen LogP contribution in [0.4, 0.5) is 43.9 Å². The highest BCUT2D eigenvalue weighted by Crippen LogP contribution is 2.35. The number of hydrogen-bond acceptors (Lipinski definition) is 17. The Morgan fingerprint density at radius 2 is 0.771 bits per heavy atom. The Kier molecular flexibility index (Phi) is 27.1. The Balaban J connectivity index is 0.000000143. The molecule has 5 heterocycles. The molecule has 0 unspecified atom stereocenters. The molecule has 0 aliphatic carbocycles. The van der Waals surface area contributed by atoms with Gasteiger partial charge in [0.05, 0.1) is 0 Å². The van der Waals surface area contributed by atoms with E-state index >= 15 is 0 Å². The lowest BCUT2D eigenvalue weighted by molar-refractivity contribution is -0.159. The molecule has 0 atom stereocenters. The van der Waals surface area contributed by atoms with E-state index in [9.17, 15) is 53.5 Å². The number of pyridine rings is 1. The van der Waals surface area contributed by atoms with Crippen LogP contribution in [0.1, 0.15) is 26.2 Å². The van der Waals surface area contributed by atoms with Gasteiger partial charge >= 0.3 is 47.5 Å². The fourth-order valence-corrected chi connectivity index (χ4v) is 10.6. The summed E-state index contributed by atoms with van der Waals surface area (Å²) in [6, 6.07) is 67.9. The molecule has 1 saturated heterocycles. The second-order valence-corrected chi connectivity index (χ2v) is 23.8. The van der Waals surface area contributed by atoms with Crippen molar-refractivity contribution in [3.8, 4) is 34.5 Å². The van der Waals surface area contributed by atoms with Gasteiger partial charge in [0.15, 0.2) is 17.4 Å². The van der Waals surface area contributed by atoms with E-state index in [1.54, 1.807) is 13.0 Å². The zero-order valence-corrected chi connectivity index (χ0v) is 59.2. The Morgan fingerprint density at radius 1 is 0.404 bits per heavy atom. The molecule has 0 radical (unpaired) electrons. The Morgan fingerprint density at radius 3 is 1.24 bits per heavy atom. The van der Waals surface area contributed by atoms with Crippen LogP contribution in [0.15, 0.2) is 212 Å². The van der Waals surface area contributed by atoms with Gasteiger partial charge in [-0.1, -0.05) is 189 Å². The number of para-hydroxylation sites is 3. The maximum Gasteiger partial charge on any atom is 0.637 e. The van der Waals surface area contributed by atoms with E-state index in [1.807, 2.05) is 148 Å². The standard InChI is InChI=1S/C20H16BNO2.C13H3BF10O2.C13H11BN6O2.C13H13B.C8H13BO4.C7H7BO2/c1-21(23-18-12-4-8-15-7-2-3-11-17(15)18)24-19-13-5-9-16-10-6-14-22-20(16)19;1-14(25-12-8(21)4(17)2(15)5(18)9(12)22)26-13-10(23)6(19)3(16)7(20)11(13)24;1-14(21-19-15-10-6-2-3-7-11(10)16-19)22-20-17-12-8-4-5-9-13(12)18-20;1-14(12-8-4-2-5-9-12)13-10-6-3-7-11-13;1-3-4-5-6-7(10)12-9(2)13-8(6)11;1-8-9-6-4-2-3-5-7(6)10-8/h2-14H,1H3;1H3;2-9H,1H3;2-11H,1H3;6H,3-5H2,1-2H3;2-5H,1H3. The SMILES string of the molecule is CB(Oc1c(F)c(F)c(F)c(F)c1F)Oc1c(F)c(F)c(F)c(F)c1F.CB(Oc1cccc2ccccc12)Oc1cccc2cccnc12.CB(On1nc2ccccc2n1)On1nc2ccccc2n1.CB(c1ccccc1)c1ccccc1.CB1Oc2ccccc2O1.CCCCC1C(=O)OB(C)OC1=O. The zero-order chi connectivity index (χ0) is 77.8. The molecule has 0 saturated carbocycles. The molecular formula is C74H63B6F10N7O12. The van der Waals surface area contributed by atoms with Gasteiger partial charge in [-0.3, -0.25) is 14.6 Å². The van der Waals surface area contributed by atoms with Gasteiger partial charge in [0.1, 0.15) is 50.6 Å². The van der Waals surface area contributed by atoms with Gasteiger partial charge in [-0.15, -0.1) is 20.4 Å². The molecule has 1 fully saturated rings. The quantitative estimate of drug-likeness (QED) is 0.0274. The van der Waals surface area contributed by atoms with E-state index in [-0.39, 0.29) is 7.12 Å². The summed E-state index contributed by atoms with van der Waals surface area (Å²) >= 11 is 0. The Hall–Kier alpha value is -12.3. The number of aromatic nitrogens is 7. The predicted octanol–water partition coefficient (Wildman–Crippen LogP) is 15.0. The lowest BCUT2D eigenvalue weighted by atomic mass is 9.43. The minimum Gasteiger partial charge on any atom is -0.525 e. The van der Waals surface area contributed by atoms with Crippen molar-refractivity contribution in [2.75, 3.05) is 0 Å². The number of unbranched alkanes of at least 4 members (excludes halogenated alkanes) is 1. The zero-order valence-electron chi connectivity index (χ0n) is 59.2. The highest BCUT2D eigenvalue weighted by atomic mass is 19.2. The first-order valence-electron chi connectivity index (χ1n) is 33.9. The molecule has 2 aliphatic rings. The predicted molar refractivity (Wildman–Crippen MR) is 394 cm³/mol. The number of fused-ring (bicyclic) bond motifs is 5. The minimum absolute atomic E-state index is 0.127. The van der Waals surface area contributed by atoms with E-state index in [0.29, 0.717) is 20.0 Å². The average Bonchev–Trinajstić information content (AvgIpc) is 1.74. The summed E-state index contributed by atoms with van der Waals surface area (Å²) in [5, 5.41) is 20.0. The first kappa shape index (κ1) is 79.3. The van der Waals surface area contributed by atoms with Crippen LogP contribution in [0.25, 0.3) is 43.7 Å². The van der Waals surface area contributed by atoms with Crippen LogP contribution >= 0.6 is 0 Å². The maximum absolute atomic E-state index is 13.4. The number of benzene rings is 10. The lowest BCUT2D eigenvalue weighted by Gasteiger charge is -2.23. The molecule has 19 nitrogen and oxygen atoms in total. The van der Waals surface area contributed by atoms with Gasteiger partial charge in [0.2, 0.25) is 64.9 Å². The van der Waals surface area contributed by atoms with E-state index in [2.05, 4.69) is 120 Å². The van der Waals surface area contributed by atoms with Crippen LogP contribution in [-0.2, 0) is 18.9 Å². The van der Waals surface area contributed by atoms with Crippen molar-refractivity contribution in [1.82, 2.24) is 35.3 Å². The van der Waals surface area contributed by atoms with Gasteiger partial charge < -0.3 is 46.7 Å². The normalized spacial score (nSPS) is 11.9. The van der Waals surface area contributed by atoms with E-state index in [0.717, 1.165) is 89.5 Å². The molecule has 10 aromatic carbocycles. The molecule has 0 amide bonds. The molecule has 15 rings (SSSR count). The fourth-order valence-electron chi connectivity index (χ4n) is 10.6. The van der Waals surface area contributed by atoms with Crippen molar-refractivity contribution >= 4 is 109 Å². The van der Waals surface area contributed by atoms with Crippen molar-refractivity contribution in [1.29, 1.82) is 0 Å². The van der Waals surface area contributed by atoms with Gasteiger partial charge in [-0.05, 0) is 104 Å². The first-order valence-corrected chi connectivity index (χ1v) is 33.9. The molecule has 0 spiro atoms. The summed E-state index contributed by atoms with van der Waals surface area (Å²) in [5.74, 6) is -26.4. The summed E-state index contributed by atoms with van der Waals surface area (Å²) in [5.41, 5.74) is 6.58. The van der Waals surface area contributed by atoms with Crippen LogP contribution in [0, 0.1) is 64.1 Å². The number of carbonyl (C=O) groups excluding carboxylic acids is 2. The summed E-state index contributed by atoms with van der Waals surface area (Å²) in [6.45, 7) is 12.4. The third-order valence-corrected chi connectivity index (χ3v) is 15.9. The highest BCUT2D eigenvalue weighted by molar-refractivity contribution is 6.84. The fraction of sp³-hybridized carbons (Fsp3) is 0.149. The van der Waals surface area contributed by atoms with E-state index in [4.69, 9.17) is 37.4 Å². The van der Waals surface area contributed by atoms with Gasteiger partial charge in [0, 0.05) is 23.8 Å². The van der Waals surface area contributed by atoms with Crippen molar-refractivity contribution < 1.29 is 100 Å². The van der Waals surface area contributed by atoms with Crippen LogP contribution in [0.3, 0.4) is 0 Å². The molecule has 0 bridgehead atoms. The summed E-state index contributed by atoms with van der Waals surface area (Å²) in [7, 11) is -4.17. The molecular weight excluding hydrogens is 1430 g/mol. The van der Waals surface area contributed by atoms with Crippen molar-refractivity contribution in [2.24, 2.45) is 5.92 Å². The molecule has 13 aromatic rings. The number of nitrogens with zero attached hydrogens (tertiary/aromatic N) is 7. The van der Waals surface area contributed by atoms with Gasteiger partial charge in [-0.25, -0.2) is 26.3 Å². The summed E-state index contributed by atoms with van der Waals surface area (Å²) in [4.78, 5) is 29.1. The van der Waals surface area contributed by atoms with Crippen LogP contribution in [0.2, 0.25) is 40.9 Å². The monoisotopic (exact) mass is 1500 g/mol. The number of halogens is 10. The van der Waals surface area contributed by atoms with E-state index < -0.39 is 116 Å². The van der Waals surface area contributed by atoms with Gasteiger partial charge in [0.25, 0.3) is 0 Å². The van der Waals surface area contributed by atoms with Crippen LogP contribution < -0.4 is 48.4 Å². The molecule has 0 N–H and O–H groups in total. The third-order valence-electron chi connectivity index (χ3n) is 15.9. The van der Waals surface area contributed by atoms with Crippen molar-refractivity contribution in [3.63, 3.8) is 0 Å². The molecule has 3 aromatic heterocycles. The molecule has 2 aliphatic heterocycles. The van der Waals surface area contributed by atoms with Gasteiger partial charge in [-0.2, -0.15) is 17.6 Å². The second-order valence-electron chi connectivity index (χ2n) is 23.8. The minimum atomic E-state index is -2.50. The number of rotatable bonds is 17. The largest absolute Gasteiger partial charge is 0.637 e. The average molecular weight is 1500 g/mol. The molecule has 554 valence electrons. The first-order chi connectivity index (χ1) is 52.5. The second kappa shape index (κ2) is 37.3. The Bertz CT molecular complexity index is 4830. The maximum atomic E-state index is 13.4. The number of hydrogen-bond donors (Lipinski definition) is 0.